The Morgan fingerprint density at radius 3 is 0.380 bits per heavy atom. The highest BCUT2D eigenvalue weighted by Crippen LogP contribution is 2.44. The lowest BCUT2D eigenvalue weighted by atomic mass is 9.78. The van der Waals surface area contributed by atoms with E-state index in [1.54, 1.807) is 0 Å². The Balaban J connectivity index is -0.0000000889. The second kappa shape index (κ2) is 42.7. The van der Waals surface area contributed by atoms with Gasteiger partial charge in [-0.05, 0) is 136 Å². The van der Waals surface area contributed by atoms with Crippen LogP contribution >= 0.6 is 0 Å². The third-order valence-electron chi connectivity index (χ3n) is 13.7. The number of aryl methyl sites for hydroxylation is 4. The Bertz CT molecular complexity index is 2280. The number of hydrogen-bond acceptors (Lipinski definition) is 8. The minimum atomic E-state index is -0.798. The summed E-state index contributed by atoms with van der Waals surface area (Å²) in [4.78, 5) is 43.0. The van der Waals surface area contributed by atoms with Gasteiger partial charge in [0.1, 0.15) is 23.0 Å². The zero-order valence-electron chi connectivity index (χ0n) is 59.5. The number of phenolic OH excluding ortho intramolecular Hbond substituents is 4. The first-order valence-corrected chi connectivity index (χ1v) is 28.1. The molecule has 0 unspecified atom stereocenters. The first kappa shape index (κ1) is 113. The van der Waals surface area contributed by atoms with Crippen molar-refractivity contribution in [3.63, 3.8) is 0 Å². The molecule has 0 heterocycles. The first-order valence-electron chi connectivity index (χ1n) is 28.1. The molecular weight excluding hydrogens is 1200 g/mol. The average molecular weight is 1330 g/mol. The molecule has 24 nitrogen and oxygen atoms in total. The van der Waals surface area contributed by atoms with Crippen molar-refractivity contribution in [2.75, 3.05) is 0 Å². The summed E-state index contributed by atoms with van der Waals surface area (Å²) in [5, 5.41) is 77.5. The first-order chi connectivity index (χ1) is 35.7. The van der Waals surface area contributed by atoms with Gasteiger partial charge >= 0.3 is 23.9 Å². The highest BCUT2D eigenvalue weighted by molar-refractivity contribution is 5.69. The second-order valence-electron chi connectivity index (χ2n) is 29.7. The molecule has 0 saturated heterocycles. The summed E-state index contributed by atoms with van der Waals surface area (Å²) in [6, 6.07) is 15.5. The molecule has 0 spiro atoms. The quantitative estimate of drug-likeness (QED) is 0.0795. The molecule has 4 aromatic rings. The fourth-order valence-electron chi connectivity index (χ4n) is 8.93. The topological polar surface area (TPSA) is 608 Å². The van der Waals surface area contributed by atoms with E-state index in [1.807, 2.05) is 48.5 Å². The molecule has 4 rings (SSSR count). The monoisotopic (exact) mass is 1330 g/mol. The van der Waals surface area contributed by atoms with Crippen molar-refractivity contribution in [3.05, 3.63) is 115 Å². The van der Waals surface area contributed by atoms with Crippen molar-refractivity contribution in [2.24, 2.45) is 0 Å². The number of carboxylic acids is 4. The molecule has 0 saturated carbocycles. The SMILES string of the molecule is CC(C)(C)c1cc(CCC(=O)O)cc(C(C)(C)C)c1O.CC(C)(C)c1cc(CCC(=O)O)cc(C(C)(C)C)c1O.CC(C)(C)c1cc(CCC(=O)O)cc(C(C)(C)C)c1O.CC(C)(C)c1cc(CCC(=O)O)cc(C(C)(C)C)c1O.O.O.O.O.O.O.O.O.O.O.O.O. The summed E-state index contributed by atoms with van der Waals surface area (Å²) in [6.45, 7) is 49.2. The van der Waals surface area contributed by atoms with Crippen molar-refractivity contribution in [3.8, 4) is 23.0 Å². The van der Waals surface area contributed by atoms with Gasteiger partial charge in [0, 0.05) is 25.7 Å². The number of carboxylic acid groups (broad SMARTS) is 4. The second-order valence-corrected chi connectivity index (χ2v) is 29.7. The van der Waals surface area contributed by atoms with Gasteiger partial charge in [0.25, 0.3) is 0 Å². The largest absolute Gasteiger partial charge is 0.507 e. The van der Waals surface area contributed by atoms with Gasteiger partial charge < -0.3 is 107 Å². The molecule has 92 heavy (non-hydrogen) atoms. The van der Waals surface area contributed by atoms with Crippen LogP contribution in [0.4, 0.5) is 0 Å². The molecule has 544 valence electrons. The summed E-state index contributed by atoms with van der Waals surface area (Å²) < 4.78 is 0. The summed E-state index contributed by atoms with van der Waals surface area (Å²) >= 11 is 0. The molecule has 0 bridgehead atoms. The van der Waals surface area contributed by atoms with E-state index >= 15 is 0 Å². The van der Waals surface area contributed by atoms with Gasteiger partial charge in [-0.2, -0.15) is 0 Å². The number of aromatic hydroxyl groups is 4. The van der Waals surface area contributed by atoms with E-state index in [9.17, 15) is 39.6 Å². The van der Waals surface area contributed by atoms with E-state index in [0.717, 1.165) is 66.8 Å². The lowest BCUT2D eigenvalue weighted by Crippen LogP contribution is -2.18. The maximum atomic E-state index is 10.8. The molecule has 4 aromatic carbocycles. The standard InChI is InChI=1S/4C17H26O3.12H2O/c4*1-16(2,3)12-9-11(7-8-14(18)19)10-13(15(12)20)17(4,5)6;;;;;;;;;;;;/h4*9-10,20H,7-8H2,1-6H3,(H,18,19);12*1H2. The highest BCUT2D eigenvalue weighted by Gasteiger charge is 2.31. The lowest BCUT2D eigenvalue weighted by molar-refractivity contribution is -0.138. The fraction of sp³-hybridized carbons (Fsp3) is 0.588. The Morgan fingerprint density at radius 1 is 0.228 bits per heavy atom. The van der Waals surface area contributed by atoms with Crippen LogP contribution in [0.2, 0.25) is 0 Å². The van der Waals surface area contributed by atoms with Gasteiger partial charge in [-0.1, -0.05) is 215 Å². The van der Waals surface area contributed by atoms with Gasteiger partial charge in [0.05, 0.1) is 0 Å². The van der Waals surface area contributed by atoms with E-state index in [1.165, 1.54) is 0 Å². The molecular formula is C68H128O24. The van der Waals surface area contributed by atoms with Gasteiger partial charge in [-0.15, -0.1) is 0 Å². The summed E-state index contributed by atoms with van der Waals surface area (Å²) in [7, 11) is 0. The zero-order chi connectivity index (χ0) is 62.9. The molecule has 0 aliphatic rings. The van der Waals surface area contributed by atoms with E-state index in [4.69, 9.17) is 20.4 Å². The van der Waals surface area contributed by atoms with Crippen molar-refractivity contribution in [2.45, 2.75) is 261 Å². The molecule has 0 aliphatic carbocycles. The van der Waals surface area contributed by atoms with Crippen LogP contribution in [0, 0.1) is 0 Å². The number of aliphatic carboxylic acids is 4. The molecule has 0 fully saturated rings. The molecule has 0 aliphatic heterocycles. The molecule has 0 aromatic heterocycles. The Hall–Kier alpha value is -6.52. The van der Waals surface area contributed by atoms with Gasteiger partial charge in [-0.25, -0.2) is 0 Å². The molecule has 0 atom stereocenters. The number of rotatable bonds is 12. The Morgan fingerprint density at radius 2 is 0.315 bits per heavy atom. The smallest absolute Gasteiger partial charge is 0.303 e. The van der Waals surface area contributed by atoms with E-state index < -0.39 is 23.9 Å². The normalized spacial score (nSPS) is 10.9. The Kier molecular flexibility index (Phi) is 52.4. The third-order valence-corrected chi connectivity index (χ3v) is 13.7. The van der Waals surface area contributed by atoms with Gasteiger partial charge in [-0.3, -0.25) is 19.2 Å². The third kappa shape index (κ3) is 36.1. The average Bonchev–Trinajstić information content (AvgIpc) is 3.24. The van der Waals surface area contributed by atoms with Crippen LogP contribution in [0.25, 0.3) is 0 Å². The number of phenols is 4. The summed E-state index contributed by atoms with van der Waals surface area (Å²) in [5.41, 5.74) is 9.51. The summed E-state index contributed by atoms with van der Waals surface area (Å²) in [6.07, 6.45) is 2.39. The van der Waals surface area contributed by atoms with Crippen molar-refractivity contribution in [1.82, 2.24) is 0 Å². The fourth-order valence-corrected chi connectivity index (χ4v) is 8.93. The minimum Gasteiger partial charge on any atom is -0.507 e. The van der Waals surface area contributed by atoms with E-state index in [0.29, 0.717) is 48.7 Å². The van der Waals surface area contributed by atoms with Crippen molar-refractivity contribution < 1.29 is 126 Å². The van der Waals surface area contributed by atoms with Crippen LogP contribution in [-0.2, 0) is 88.2 Å². The number of hydrogen-bond donors (Lipinski definition) is 8. The molecule has 32 N–H and O–H groups in total. The lowest BCUT2D eigenvalue weighted by Gasteiger charge is -2.28. The van der Waals surface area contributed by atoms with Crippen LogP contribution in [0.1, 0.15) is 259 Å². The minimum absolute atomic E-state index is 0. The Labute approximate surface area is 546 Å². The van der Waals surface area contributed by atoms with Crippen molar-refractivity contribution in [1.29, 1.82) is 0 Å². The maximum Gasteiger partial charge on any atom is 0.303 e. The summed E-state index contributed by atoms with van der Waals surface area (Å²) in [5.74, 6) is -1.85. The molecule has 24 heteroatoms. The highest BCUT2D eigenvalue weighted by atomic mass is 16.4. The number of carbonyl (C=O) groups is 4. The zero-order valence-corrected chi connectivity index (χ0v) is 59.5. The van der Waals surface area contributed by atoms with Crippen LogP contribution in [0.15, 0.2) is 48.5 Å². The van der Waals surface area contributed by atoms with E-state index in [-0.39, 0.29) is 135 Å². The maximum absolute atomic E-state index is 10.8. The number of benzene rings is 4. The van der Waals surface area contributed by atoms with Crippen molar-refractivity contribution >= 4 is 23.9 Å². The van der Waals surface area contributed by atoms with Crippen LogP contribution < -0.4 is 0 Å². The predicted octanol–water partition coefficient (Wildman–Crippen LogP) is 6.12. The van der Waals surface area contributed by atoms with Gasteiger partial charge in [0.15, 0.2) is 0 Å². The van der Waals surface area contributed by atoms with E-state index in [2.05, 4.69) is 166 Å². The predicted molar refractivity (Wildman–Crippen MR) is 369 cm³/mol. The molecule has 0 radical (unpaired) electrons. The van der Waals surface area contributed by atoms with Crippen LogP contribution in [-0.4, -0.2) is 130 Å². The molecule has 0 amide bonds. The van der Waals surface area contributed by atoms with Crippen LogP contribution in [0.5, 0.6) is 23.0 Å². The van der Waals surface area contributed by atoms with Gasteiger partial charge in [0.2, 0.25) is 0 Å². The van der Waals surface area contributed by atoms with Crippen LogP contribution in [0.3, 0.4) is 0 Å².